The van der Waals surface area contributed by atoms with Gasteiger partial charge in [-0.2, -0.15) is 4.99 Å². The zero-order valence-electron chi connectivity index (χ0n) is 17.1. The van der Waals surface area contributed by atoms with Crippen LogP contribution in [0.4, 0.5) is 5.69 Å². The van der Waals surface area contributed by atoms with Crippen molar-refractivity contribution < 1.29 is 19.2 Å². The summed E-state index contributed by atoms with van der Waals surface area (Å²) in [7, 11) is 0. The van der Waals surface area contributed by atoms with E-state index in [4.69, 9.17) is 16.3 Å². The molecule has 0 saturated carbocycles. The molecular formula is C21H20ClN3O5S. The van der Waals surface area contributed by atoms with E-state index in [-0.39, 0.29) is 34.2 Å². The van der Waals surface area contributed by atoms with Gasteiger partial charge >= 0.3 is 5.97 Å². The maximum Gasteiger partial charge on any atom is 0.326 e. The fraction of sp³-hybridized carbons (Fsp3) is 0.286. The Bertz CT molecular complexity index is 1250. The lowest BCUT2D eigenvalue weighted by molar-refractivity contribution is -0.384. The zero-order valence-corrected chi connectivity index (χ0v) is 18.7. The molecule has 1 amide bonds. The second kappa shape index (κ2) is 9.40. The predicted octanol–water partition coefficient (Wildman–Crippen LogP) is 4.69. The van der Waals surface area contributed by atoms with Gasteiger partial charge in [0.1, 0.15) is 6.54 Å². The van der Waals surface area contributed by atoms with Gasteiger partial charge in [0.25, 0.3) is 11.6 Å². The Labute approximate surface area is 186 Å². The van der Waals surface area contributed by atoms with Crippen molar-refractivity contribution in [3.8, 4) is 0 Å². The molecule has 0 N–H and O–H groups in total. The van der Waals surface area contributed by atoms with Crippen molar-refractivity contribution in [3.63, 3.8) is 0 Å². The Morgan fingerprint density at radius 3 is 2.65 bits per heavy atom. The lowest BCUT2D eigenvalue weighted by Crippen LogP contribution is -2.23. The van der Waals surface area contributed by atoms with E-state index in [1.54, 1.807) is 11.5 Å². The van der Waals surface area contributed by atoms with Gasteiger partial charge in [-0.25, -0.2) is 0 Å². The molecule has 3 aromatic rings. The van der Waals surface area contributed by atoms with Gasteiger partial charge < -0.3 is 9.30 Å². The van der Waals surface area contributed by atoms with E-state index in [0.717, 1.165) is 21.8 Å². The number of non-ortho nitro benzene ring substituents is 1. The van der Waals surface area contributed by atoms with Crippen LogP contribution in [0, 0.1) is 10.1 Å². The Balaban J connectivity index is 2.16. The largest absolute Gasteiger partial charge is 0.465 e. The first-order chi connectivity index (χ1) is 14.7. The zero-order chi connectivity index (χ0) is 22.7. The van der Waals surface area contributed by atoms with Crippen molar-refractivity contribution in [1.82, 2.24) is 4.57 Å². The number of halogens is 1. The fourth-order valence-electron chi connectivity index (χ4n) is 2.96. The number of thiazole rings is 1. The number of carbonyl (C=O) groups excluding carboxylic acids is 2. The molecule has 31 heavy (non-hydrogen) atoms. The van der Waals surface area contributed by atoms with Crippen LogP contribution in [-0.4, -0.2) is 28.0 Å². The smallest absolute Gasteiger partial charge is 0.326 e. The lowest BCUT2D eigenvalue weighted by Gasteiger charge is -2.07. The number of ether oxygens (including phenoxy) is 1. The molecule has 0 unspecified atom stereocenters. The van der Waals surface area contributed by atoms with Crippen LogP contribution >= 0.6 is 22.9 Å². The van der Waals surface area contributed by atoms with Crippen molar-refractivity contribution in [2.75, 3.05) is 6.61 Å². The molecule has 1 aromatic heterocycles. The van der Waals surface area contributed by atoms with Crippen molar-refractivity contribution >= 4 is 50.7 Å². The van der Waals surface area contributed by atoms with Crippen LogP contribution in [0.15, 0.2) is 41.4 Å². The molecule has 0 bridgehead atoms. The van der Waals surface area contributed by atoms with E-state index in [1.165, 1.54) is 23.5 Å². The predicted molar refractivity (Wildman–Crippen MR) is 119 cm³/mol. The molecule has 3 rings (SSSR count). The summed E-state index contributed by atoms with van der Waals surface area (Å²) in [5.41, 5.74) is 1.50. The minimum absolute atomic E-state index is 0.0551. The maximum absolute atomic E-state index is 12.8. The fourth-order valence-corrected chi connectivity index (χ4v) is 4.24. The topological polar surface area (TPSA) is 104 Å². The number of hydrogen-bond acceptors (Lipinski definition) is 6. The molecule has 1 heterocycles. The summed E-state index contributed by atoms with van der Waals surface area (Å²) < 4.78 is 7.51. The van der Waals surface area contributed by atoms with Gasteiger partial charge in [0.15, 0.2) is 4.80 Å². The van der Waals surface area contributed by atoms with Crippen molar-refractivity contribution in [1.29, 1.82) is 0 Å². The average Bonchev–Trinajstić information content (AvgIpc) is 3.04. The second-order valence-corrected chi connectivity index (χ2v) is 8.41. The molecule has 0 saturated heterocycles. The number of aromatic nitrogens is 1. The standard InChI is InChI=1S/C21H20ClN3O5S/c1-4-30-19(26)11-24-17-8-5-13(12(2)3)9-18(17)31-21(24)23-20(27)15-10-14(25(28)29)6-7-16(15)22/h5-10,12H,4,11H2,1-3H3. The number of nitro benzene ring substituents is 1. The van der Waals surface area contributed by atoms with E-state index in [2.05, 4.69) is 18.8 Å². The molecule has 10 heteroatoms. The van der Waals surface area contributed by atoms with E-state index < -0.39 is 16.8 Å². The lowest BCUT2D eigenvalue weighted by atomic mass is 10.0. The van der Waals surface area contributed by atoms with E-state index in [9.17, 15) is 19.7 Å². The monoisotopic (exact) mass is 461 g/mol. The average molecular weight is 462 g/mol. The van der Waals surface area contributed by atoms with E-state index >= 15 is 0 Å². The van der Waals surface area contributed by atoms with Crippen LogP contribution in [0.3, 0.4) is 0 Å². The quantitative estimate of drug-likeness (QED) is 0.301. The van der Waals surface area contributed by atoms with Crippen LogP contribution in [-0.2, 0) is 16.1 Å². The summed E-state index contributed by atoms with van der Waals surface area (Å²) in [5, 5.41) is 11.1. The number of carbonyl (C=O) groups is 2. The minimum atomic E-state index is -0.734. The van der Waals surface area contributed by atoms with Gasteiger partial charge in [-0.15, -0.1) is 0 Å². The number of hydrogen-bond donors (Lipinski definition) is 0. The summed E-state index contributed by atoms with van der Waals surface area (Å²) in [5.74, 6) is -0.893. The summed E-state index contributed by atoms with van der Waals surface area (Å²) in [6.07, 6.45) is 0. The normalized spacial score (nSPS) is 11.8. The Kier molecular flexibility index (Phi) is 6.87. The Morgan fingerprint density at radius 1 is 1.26 bits per heavy atom. The molecule has 0 aliphatic rings. The summed E-state index contributed by atoms with van der Waals surface area (Å²) in [4.78, 5) is 39.8. The molecule has 0 fully saturated rings. The molecule has 2 aromatic carbocycles. The van der Waals surface area contributed by atoms with E-state index in [1.807, 2.05) is 18.2 Å². The summed E-state index contributed by atoms with van der Waals surface area (Å²) in [6.45, 7) is 5.96. The molecule has 0 spiro atoms. The number of nitro groups is 1. The number of rotatable bonds is 6. The van der Waals surface area contributed by atoms with Crippen LogP contribution in [0.25, 0.3) is 10.2 Å². The molecule has 162 valence electrons. The molecular weight excluding hydrogens is 442 g/mol. The molecule has 0 aliphatic heterocycles. The molecule has 0 aliphatic carbocycles. The number of esters is 1. The minimum Gasteiger partial charge on any atom is -0.465 e. The molecule has 0 radical (unpaired) electrons. The first-order valence-corrected chi connectivity index (χ1v) is 10.7. The maximum atomic E-state index is 12.8. The highest BCUT2D eigenvalue weighted by Crippen LogP contribution is 2.25. The number of benzene rings is 2. The number of nitrogens with zero attached hydrogens (tertiary/aromatic N) is 3. The Morgan fingerprint density at radius 2 is 2.00 bits per heavy atom. The van der Waals surface area contributed by atoms with Crippen LogP contribution in [0.5, 0.6) is 0 Å². The molecule has 8 nitrogen and oxygen atoms in total. The van der Waals surface area contributed by atoms with Gasteiger partial charge in [-0.05, 0) is 36.6 Å². The highest BCUT2D eigenvalue weighted by atomic mass is 35.5. The van der Waals surface area contributed by atoms with Gasteiger partial charge in [-0.1, -0.05) is 42.9 Å². The summed E-state index contributed by atoms with van der Waals surface area (Å²) >= 11 is 7.33. The Hall–Kier alpha value is -3.04. The first-order valence-electron chi connectivity index (χ1n) is 9.53. The number of amides is 1. The van der Waals surface area contributed by atoms with Crippen molar-refractivity contribution in [2.45, 2.75) is 33.2 Å². The van der Waals surface area contributed by atoms with Gasteiger partial charge in [-0.3, -0.25) is 19.7 Å². The van der Waals surface area contributed by atoms with Gasteiger partial charge in [0.2, 0.25) is 0 Å². The van der Waals surface area contributed by atoms with Crippen LogP contribution < -0.4 is 4.80 Å². The van der Waals surface area contributed by atoms with E-state index in [0.29, 0.717) is 5.92 Å². The van der Waals surface area contributed by atoms with Crippen LogP contribution in [0.1, 0.15) is 42.6 Å². The van der Waals surface area contributed by atoms with Gasteiger partial charge in [0, 0.05) is 12.1 Å². The number of fused-ring (bicyclic) bond motifs is 1. The highest BCUT2D eigenvalue weighted by molar-refractivity contribution is 7.16. The van der Waals surface area contributed by atoms with Gasteiger partial charge in [0.05, 0.1) is 32.3 Å². The van der Waals surface area contributed by atoms with Crippen molar-refractivity contribution in [3.05, 3.63) is 67.5 Å². The third-order valence-corrected chi connectivity index (χ3v) is 5.93. The van der Waals surface area contributed by atoms with Crippen molar-refractivity contribution in [2.24, 2.45) is 4.99 Å². The third-order valence-electron chi connectivity index (χ3n) is 4.55. The summed E-state index contributed by atoms with van der Waals surface area (Å²) in [6, 6.07) is 9.43. The third kappa shape index (κ3) is 5.00. The first kappa shape index (κ1) is 22.6. The second-order valence-electron chi connectivity index (χ2n) is 7.00. The highest BCUT2D eigenvalue weighted by Gasteiger charge is 2.18. The van der Waals surface area contributed by atoms with Crippen LogP contribution in [0.2, 0.25) is 5.02 Å². The molecule has 0 atom stereocenters. The SMILES string of the molecule is CCOC(=O)Cn1c(=NC(=O)c2cc([N+](=O)[O-])ccc2Cl)sc2cc(C(C)C)ccc21.